The van der Waals surface area contributed by atoms with E-state index in [4.69, 9.17) is 16.3 Å². The number of rotatable bonds is 9. The summed E-state index contributed by atoms with van der Waals surface area (Å²) in [5, 5.41) is 4.15. The molecule has 1 N–H and O–H groups in total. The Labute approximate surface area is 116 Å². The van der Waals surface area contributed by atoms with Crippen LogP contribution in [0.2, 0.25) is 5.02 Å². The van der Waals surface area contributed by atoms with Crippen molar-refractivity contribution >= 4 is 17.3 Å². The summed E-state index contributed by atoms with van der Waals surface area (Å²) in [6.45, 7) is 5.87. The monoisotopic (exact) mass is 269 g/mol. The number of nitrogens with one attached hydrogen (secondary N) is 1. The minimum Gasteiger partial charge on any atom is -0.492 e. The summed E-state index contributed by atoms with van der Waals surface area (Å²) >= 11 is 6.00. The molecule has 3 heteroatoms. The Morgan fingerprint density at radius 1 is 1.11 bits per heavy atom. The second-order valence-electron chi connectivity index (χ2n) is 4.41. The summed E-state index contributed by atoms with van der Waals surface area (Å²) in [6.07, 6.45) is 6.42. The zero-order chi connectivity index (χ0) is 13.2. The topological polar surface area (TPSA) is 21.3 Å². The quantitative estimate of drug-likeness (QED) is 0.628. The lowest BCUT2D eigenvalue weighted by Gasteiger charge is -2.12. The van der Waals surface area contributed by atoms with Gasteiger partial charge in [-0.1, -0.05) is 44.2 Å². The van der Waals surface area contributed by atoms with Crippen molar-refractivity contribution in [2.24, 2.45) is 0 Å². The lowest BCUT2D eigenvalue weighted by atomic mass is 10.1. The Balaban J connectivity index is 2.37. The highest BCUT2D eigenvalue weighted by molar-refractivity contribution is 6.30. The van der Waals surface area contributed by atoms with E-state index in [1.54, 1.807) is 0 Å². The molecule has 0 saturated carbocycles. The molecule has 0 unspecified atom stereocenters. The molecule has 0 aliphatic rings. The number of halogens is 1. The molecule has 0 fully saturated rings. The summed E-state index contributed by atoms with van der Waals surface area (Å²) in [7, 11) is 0. The standard InChI is InChI=1S/C15H24ClNO/c1-3-5-6-7-8-11-17-14-12-13(16)9-10-15(14)18-4-2/h9-10,12,17H,3-8,11H2,1-2H3. The number of hydrogen-bond acceptors (Lipinski definition) is 2. The first-order valence-corrected chi connectivity index (χ1v) is 7.32. The number of ether oxygens (including phenoxy) is 1. The minimum absolute atomic E-state index is 0.673. The van der Waals surface area contributed by atoms with Gasteiger partial charge in [-0.2, -0.15) is 0 Å². The SMILES string of the molecule is CCCCCCCNc1cc(Cl)ccc1OCC. The number of benzene rings is 1. The summed E-state index contributed by atoms with van der Waals surface area (Å²) < 4.78 is 5.57. The molecule has 18 heavy (non-hydrogen) atoms. The van der Waals surface area contributed by atoms with Gasteiger partial charge >= 0.3 is 0 Å². The van der Waals surface area contributed by atoms with Crippen molar-refractivity contribution in [1.82, 2.24) is 0 Å². The Bertz CT molecular complexity index is 341. The van der Waals surface area contributed by atoms with Crippen molar-refractivity contribution in [2.75, 3.05) is 18.5 Å². The zero-order valence-corrected chi connectivity index (χ0v) is 12.2. The Hall–Kier alpha value is -0.890. The van der Waals surface area contributed by atoms with Gasteiger partial charge in [0.2, 0.25) is 0 Å². The van der Waals surface area contributed by atoms with Crippen LogP contribution in [0, 0.1) is 0 Å². The van der Waals surface area contributed by atoms with Gasteiger partial charge in [-0.05, 0) is 31.5 Å². The van der Waals surface area contributed by atoms with Crippen LogP contribution in [-0.4, -0.2) is 13.2 Å². The van der Waals surface area contributed by atoms with Crippen LogP contribution < -0.4 is 10.1 Å². The first kappa shape index (κ1) is 15.2. The molecule has 0 aromatic heterocycles. The molecule has 1 rings (SSSR count). The van der Waals surface area contributed by atoms with Gasteiger partial charge in [0.15, 0.2) is 0 Å². The average Bonchev–Trinajstić information content (AvgIpc) is 2.37. The largest absolute Gasteiger partial charge is 0.492 e. The third kappa shape index (κ3) is 5.63. The molecule has 0 spiro atoms. The van der Waals surface area contributed by atoms with E-state index in [2.05, 4.69) is 12.2 Å². The fourth-order valence-electron chi connectivity index (χ4n) is 1.87. The number of anilines is 1. The molecular formula is C15H24ClNO. The van der Waals surface area contributed by atoms with Gasteiger partial charge in [0, 0.05) is 11.6 Å². The van der Waals surface area contributed by atoms with Crippen LogP contribution in [0.1, 0.15) is 46.0 Å². The molecule has 102 valence electrons. The van der Waals surface area contributed by atoms with E-state index in [1.807, 2.05) is 25.1 Å². The van der Waals surface area contributed by atoms with Gasteiger partial charge in [0.05, 0.1) is 12.3 Å². The first-order chi connectivity index (χ1) is 8.77. The molecular weight excluding hydrogens is 246 g/mol. The van der Waals surface area contributed by atoms with Crippen molar-refractivity contribution in [3.63, 3.8) is 0 Å². The molecule has 0 aliphatic carbocycles. The first-order valence-electron chi connectivity index (χ1n) is 6.94. The van der Waals surface area contributed by atoms with Crippen LogP contribution in [0.4, 0.5) is 5.69 Å². The number of hydrogen-bond donors (Lipinski definition) is 1. The molecule has 0 amide bonds. The molecule has 0 atom stereocenters. The van der Waals surface area contributed by atoms with Crippen molar-refractivity contribution < 1.29 is 4.74 Å². The van der Waals surface area contributed by atoms with Gasteiger partial charge in [0.1, 0.15) is 5.75 Å². The van der Waals surface area contributed by atoms with E-state index in [0.29, 0.717) is 6.61 Å². The third-order valence-electron chi connectivity index (χ3n) is 2.84. The maximum Gasteiger partial charge on any atom is 0.142 e. The highest BCUT2D eigenvalue weighted by Crippen LogP contribution is 2.28. The lowest BCUT2D eigenvalue weighted by Crippen LogP contribution is -2.04. The van der Waals surface area contributed by atoms with Gasteiger partial charge in [-0.25, -0.2) is 0 Å². The van der Waals surface area contributed by atoms with Gasteiger partial charge in [-0.3, -0.25) is 0 Å². The average molecular weight is 270 g/mol. The molecule has 2 nitrogen and oxygen atoms in total. The van der Waals surface area contributed by atoms with E-state index in [0.717, 1.165) is 23.0 Å². The molecule has 0 bridgehead atoms. The second kappa shape index (κ2) is 9.09. The van der Waals surface area contributed by atoms with E-state index in [1.165, 1.54) is 32.1 Å². The normalized spacial score (nSPS) is 10.4. The minimum atomic E-state index is 0.673. The van der Waals surface area contributed by atoms with Crippen LogP contribution >= 0.6 is 11.6 Å². The predicted molar refractivity (Wildman–Crippen MR) is 79.9 cm³/mol. The number of unbranched alkanes of at least 4 members (excludes halogenated alkanes) is 4. The van der Waals surface area contributed by atoms with Crippen molar-refractivity contribution in [3.8, 4) is 5.75 Å². The lowest BCUT2D eigenvalue weighted by molar-refractivity contribution is 0.341. The van der Waals surface area contributed by atoms with Gasteiger partial charge in [-0.15, -0.1) is 0 Å². The molecule has 0 radical (unpaired) electrons. The van der Waals surface area contributed by atoms with Gasteiger partial charge < -0.3 is 10.1 Å². The Morgan fingerprint density at radius 2 is 1.89 bits per heavy atom. The fourth-order valence-corrected chi connectivity index (χ4v) is 2.05. The second-order valence-corrected chi connectivity index (χ2v) is 4.85. The zero-order valence-electron chi connectivity index (χ0n) is 11.5. The maximum absolute atomic E-state index is 6.00. The maximum atomic E-state index is 6.00. The van der Waals surface area contributed by atoms with E-state index in [9.17, 15) is 0 Å². The smallest absolute Gasteiger partial charge is 0.142 e. The molecule has 0 aliphatic heterocycles. The van der Waals surface area contributed by atoms with Crippen molar-refractivity contribution in [1.29, 1.82) is 0 Å². The molecule has 0 saturated heterocycles. The summed E-state index contributed by atoms with van der Waals surface area (Å²) in [5.74, 6) is 0.885. The molecule has 1 aromatic carbocycles. The predicted octanol–water partition coefficient (Wildman–Crippen LogP) is 5.12. The summed E-state index contributed by atoms with van der Waals surface area (Å²) in [4.78, 5) is 0. The van der Waals surface area contributed by atoms with E-state index >= 15 is 0 Å². The van der Waals surface area contributed by atoms with Crippen LogP contribution in [-0.2, 0) is 0 Å². The molecule has 0 heterocycles. The third-order valence-corrected chi connectivity index (χ3v) is 3.07. The van der Waals surface area contributed by atoms with Crippen molar-refractivity contribution in [3.05, 3.63) is 23.2 Å². The van der Waals surface area contributed by atoms with Crippen LogP contribution in [0.3, 0.4) is 0 Å². The van der Waals surface area contributed by atoms with Crippen LogP contribution in [0.5, 0.6) is 5.75 Å². The van der Waals surface area contributed by atoms with Crippen LogP contribution in [0.15, 0.2) is 18.2 Å². The Morgan fingerprint density at radius 3 is 2.61 bits per heavy atom. The summed E-state index contributed by atoms with van der Waals surface area (Å²) in [6, 6.07) is 5.71. The van der Waals surface area contributed by atoms with E-state index < -0.39 is 0 Å². The van der Waals surface area contributed by atoms with Crippen molar-refractivity contribution in [2.45, 2.75) is 46.0 Å². The van der Waals surface area contributed by atoms with E-state index in [-0.39, 0.29) is 0 Å². The van der Waals surface area contributed by atoms with Gasteiger partial charge in [0.25, 0.3) is 0 Å². The fraction of sp³-hybridized carbons (Fsp3) is 0.600. The Kier molecular flexibility index (Phi) is 7.66. The highest BCUT2D eigenvalue weighted by atomic mass is 35.5. The van der Waals surface area contributed by atoms with Crippen LogP contribution in [0.25, 0.3) is 0 Å². The summed E-state index contributed by atoms with van der Waals surface area (Å²) in [5.41, 5.74) is 1.000. The highest BCUT2D eigenvalue weighted by Gasteiger charge is 2.03. The molecule has 1 aromatic rings.